The lowest BCUT2D eigenvalue weighted by Gasteiger charge is -2.38. The summed E-state index contributed by atoms with van der Waals surface area (Å²) in [7, 11) is 1.50. The van der Waals surface area contributed by atoms with Crippen LogP contribution in [0.1, 0.15) is 11.6 Å². The lowest BCUT2D eigenvalue weighted by Crippen LogP contribution is -2.55. The summed E-state index contributed by atoms with van der Waals surface area (Å²) >= 11 is 0. The number of aliphatic hydroxyl groups is 2. The van der Waals surface area contributed by atoms with Crippen LogP contribution in [0.5, 0.6) is 0 Å². The van der Waals surface area contributed by atoms with Crippen molar-refractivity contribution >= 4 is 0 Å². The number of β-amino-alcohol motifs (C(OH)–C–C–N with tert-alkyl or cyclic N) is 1. The number of ether oxygens (including phenoxy) is 1. The maximum absolute atomic E-state index is 10.1. The van der Waals surface area contributed by atoms with Gasteiger partial charge in [-0.2, -0.15) is 0 Å². The largest absolute Gasteiger partial charge is 0.389 e. The summed E-state index contributed by atoms with van der Waals surface area (Å²) in [6.45, 7) is 0.426. The molecule has 4 nitrogen and oxygen atoms in total. The van der Waals surface area contributed by atoms with Crippen molar-refractivity contribution in [1.29, 1.82) is 0 Å². The molecule has 1 heterocycles. The molecule has 16 heavy (non-hydrogen) atoms. The van der Waals surface area contributed by atoms with Gasteiger partial charge in [0.15, 0.2) is 0 Å². The highest BCUT2D eigenvalue weighted by Gasteiger charge is 2.38. The molecular weight excluding hydrogens is 206 g/mol. The molecule has 1 aromatic rings. The van der Waals surface area contributed by atoms with Gasteiger partial charge in [0.05, 0.1) is 12.1 Å². The van der Waals surface area contributed by atoms with Crippen molar-refractivity contribution in [2.24, 2.45) is 0 Å². The van der Waals surface area contributed by atoms with Crippen molar-refractivity contribution in [2.75, 3.05) is 13.7 Å². The third-order valence-electron chi connectivity index (χ3n) is 3.04. The molecule has 0 aromatic heterocycles. The Balaban J connectivity index is 2.18. The van der Waals surface area contributed by atoms with Crippen molar-refractivity contribution in [3.8, 4) is 0 Å². The Kier molecular flexibility index (Phi) is 3.56. The van der Waals surface area contributed by atoms with E-state index in [4.69, 9.17) is 4.74 Å². The van der Waals surface area contributed by atoms with Gasteiger partial charge in [-0.1, -0.05) is 30.3 Å². The Morgan fingerprint density at radius 3 is 2.56 bits per heavy atom. The van der Waals surface area contributed by atoms with Gasteiger partial charge in [-0.3, -0.25) is 0 Å². The number of methoxy groups -OCH3 is 1. The lowest BCUT2D eigenvalue weighted by atomic mass is 9.91. The first kappa shape index (κ1) is 11.5. The predicted molar refractivity (Wildman–Crippen MR) is 60.0 cm³/mol. The molecule has 1 aliphatic heterocycles. The fraction of sp³-hybridized carbons (Fsp3) is 0.500. The highest BCUT2D eigenvalue weighted by molar-refractivity contribution is 5.21. The molecular formula is C12H17NO3. The number of hydrogen-bond donors (Lipinski definition) is 3. The van der Waals surface area contributed by atoms with E-state index >= 15 is 0 Å². The molecule has 1 fully saturated rings. The van der Waals surface area contributed by atoms with E-state index in [0.717, 1.165) is 5.56 Å². The average Bonchev–Trinajstić information content (AvgIpc) is 2.31. The molecule has 0 radical (unpaired) electrons. The first-order chi connectivity index (χ1) is 7.74. The summed E-state index contributed by atoms with van der Waals surface area (Å²) in [5, 5.41) is 22.9. The molecule has 0 spiro atoms. The number of hydrogen-bond acceptors (Lipinski definition) is 4. The highest BCUT2D eigenvalue weighted by Crippen LogP contribution is 2.25. The van der Waals surface area contributed by atoms with Gasteiger partial charge in [-0.05, 0) is 5.56 Å². The monoisotopic (exact) mass is 223 g/mol. The van der Waals surface area contributed by atoms with Crippen molar-refractivity contribution in [3.05, 3.63) is 35.9 Å². The molecule has 0 amide bonds. The molecule has 0 bridgehead atoms. The van der Waals surface area contributed by atoms with Crippen molar-refractivity contribution in [2.45, 2.75) is 24.4 Å². The summed E-state index contributed by atoms with van der Waals surface area (Å²) in [5.41, 5.74) is 1.00. The van der Waals surface area contributed by atoms with Crippen LogP contribution in [-0.4, -0.2) is 42.2 Å². The van der Waals surface area contributed by atoms with Gasteiger partial charge in [0.25, 0.3) is 0 Å². The topological polar surface area (TPSA) is 61.7 Å². The quantitative estimate of drug-likeness (QED) is 0.664. The summed E-state index contributed by atoms with van der Waals surface area (Å²) in [6, 6.07) is 9.50. The SMILES string of the molecule is CO[C@H]1[C@H](O)[C@@H](c2ccccc2)NC[C@@H]1O. The second-order valence-corrected chi connectivity index (χ2v) is 4.05. The van der Waals surface area contributed by atoms with Gasteiger partial charge in [0.1, 0.15) is 12.2 Å². The van der Waals surface area contributed by atoms with Crippen LogP contribution in [0.15, 0.2) is 30.3 Å². The van der Waals surface area contributed by atoms with Gasteiger partial charge in [0.2, 0.25) is 0 Å². The fourth-order valence-corrected chi connectivity index (χ4v) is 2.17. The zero-order valence-electron chi connectivity index (χ0n) is 9.21. The minimum atomic E-state index is -0.740. The zero-order chi connectivity index (χ0) is 11.5. The van der Waals surface area contributed by atoms with Gasteiger partial charge < -0.3 is 20.3 Å². The van der Waals surface area contributed by atoms with Gasteiger partial charge in [-0.15, -0.1) is 0 Å². The first-order valence-electron chi connectivity index (χ1n) is 5.41. The maximum Gasteiger partial charge on any atom is 0.112 e. The minimum Gasteiger partial charge on any atom is -0.389 e. The Hall–Kier alpha value is -0.940. The molecule has 2 rings (SSSR count). The van der Waals surface area contributed by atoms with Crippen LogP contribution in [0.3, 0.4) is 0 Å². The van der Waals surface area contributed by atoms with Crippen molar-refractivity contribution in [3.63, 3.8) is 0 Å². The maximum atomic E-state index is 10.1. The van der Waals surface area contributed by atoms with Crippen LogP contribution >= 0.6 is 0 Å². The number of nitrogens with one attached hydrogen (secondary N) is 1. The standard InChI is InChI=1S/C12H17NO3/c1-16-12-9(14)7-13-10(11(12)15)8-5-3-2-4-6-8/h2-6,9-15H,7H2,1H3/t9-,10+,11+,12+/m0/s1. The third kappa shape index (κ3) is 2.10. The summed E-state index contributed by atoms with van der Waals surface area (Å²) in [6.07, 6.45) is -1.94. The van der Waals surface area contributed by atoms with Gasteiger partial charge >= 0.3 is 0 Å². The Morgan fingerprint density at radius 1 is 1.25 bits per heavy atom. The second kappa shape index (κ2) is 4.93. The second-order valence-electron chi connectivity index (χ2n) is 4.05. The molecule has 4 atom stereocenters. The van der Waals surface area contributed by atoms with E-state index in [2.05, 4.69) is 5.32 Å². The van der Waals surface area contributed by atoms with E-state index in [-0.39, 0.29) is 6.04 Å². The van der Waals surface area contributed by atoms with Crippen LogP contribution in [0.4, 0.5) is 0 Å². The average molecular weight is 223 g/mol. The van der Waals surface area contributed by atoms with Crippen molar-refractivity contribution < 1.29 is 14.9 Å². The van der Waals surface area contributed by atoms with E-state index in [9.17, 15) is 10.2 Å². The van der Waals surface area contributed by atoms with Crippen LogP contribution in [0.25, 0.3) is 0 Å². The van der Waals surface area contributed by atoms with E-state index in [1.807, 2.05) is 30.3 Å². The van der Waals surface area contributed by atoms with Crippen LogP contribution < -0.4 is 5.32 Å². The zero-order valence-corrected chi connectivity index (χ0v) is 9.21. The molecule has 88 valence electrons. The fourth-order valence-electron chi connectivity index (χ4n) is 2.17. The molecule has 4 heteroatoms. The molecule has 3 N–H and O–H groups in total. The Labute approximate surface area is 94.9 Å². The molecule has 1 saturated heterocycles. The summed E-state index contributed by atoms with van der Waals surface area (Å²) in [4.78, 5) is 0. The Morgan fingerprint density at radius 2 is 1.94 bits per heavy atom. The van der Waals surface area contributed by atoms with E-state index in [1.54, 1.807) is 0 Å². The normalized spacial score (nSPS) is 34.9. The highest BCUT2D eigenvalue weighted by atomic mass is 16.5. The number of rotatable bonds is 2. The summed E-state index contributed by atoms with van der Waals surface area (Å²) < 4.78 is 5.13. The number of piperidine rings is 1. The van der Waals surface area contributed by atoms with E-state index in [1.165, 1.54) is 7.11 Å². The van der Waals surface area contributed by atoms with Gasteiger partial charge in [-0.25, -0.2) is 0 Å². The molecule has 0 unspecified atom stereocenters. The van der Waals surface area contributed by atoms with Crippen LogP contribution in [0, 0.1) is 0 Å². The smallest absolute Gasteiger partial charge is 0.112 e. The van der Waals surface area contributed by atoms with Crippen LogP contribution in [-0.2, 0) is 4.74 Å². The predicted octanol–water partition coefficient (Wildman–Crippen LogP) is 0.0677. The lowest BCUT2D eigenvalue weighted by molar-refractivity contribution is -0.113. The molecule has 1 aliphatic rings. The first-order valence-corrected chi connectivity index (χ1v) is 5.41. The van der Waals surface area contributed by atoms with Gasteiger partial charge in [0, 0.05) is 13.7 Å². The van der Waals surface area contributed by atoms with Crippen molar-refractivity contribution in [1.82, 2.24) is 5.32 Å². The number of benzene rings is 1. The minimum absolute atomic E-state index is 0.186. The summed E-state index contributed by atoms with van der Waals surface area (Å²) in [5.74, 6) is 0. The molecule has 0 aliphatic carbocycles. The molecule has 1 aromatic carbocycles. The van der Waals surface area contributed by atoms with Crippen LogP contribution in [0.2, 0.25) is 0 Å². The Bertz CT molecular complexity index is 330. The van der Waals surface area contributed by atoms with E-state index in [0.29, 0.717) is 6.54 Å². The number of aliphatic hydroxyl groups excluding tert-OH is 2. The van der Waals surface area contributed by atoms with E-state index < -0.39 is 18.3 Å². The molecule has 0 saturated carbocycles. The third-order valence-corrected chi connectivity index (χ3v) is 3.04.